The topological polar surface area (TPSA) is 42.0 Å². The average Bonchev–Trinajstić information content (AvgIpc) is 3.18. The Morgan fingerprint density at radius 3 is 3.00 bits per heavy atom. The Morgan fingerprint density at radius 2 is 2.29 bits per heavy atom. The van der Waals surface area contributed by atoms with Crippen LogP contribution in [-0.4, -0.2) is 15.4 Å². The lowest BCUT2D eigenvalue weighted by molar-refractivity contribution is 0.686. The Morgan fingerprint density at radius 1 is 1.48 bits per heavy atom. The highest BCUT2D eigenvalue weighted by Gasteiger charge is 2.26. The number of rotatable bonds is 6. The molecule has 1 N–H and O–H groups in total. The van der Waals surface area contributed by atoms with Crippen molar-refractivity contribution in [3.63, 3.8) is 0 Å². The van der Waals surface area contributed by atoms with E-state index in [1.165, 1.54) is 22.7 Å². The van der Waals surface area contributed by atoms with Gasteiger partial charge in [0.2, 0.25) is 0 Å². The number of thiazole rings is 1. The van der Waals surface area contributed by atoms with Crippen LogP contribution in [0.15, 0.2) is 24.4 Å². The van der Waals surface area contributed by atoms with Crippen molar-refractivity contribution in [3.05, 3.63) is 44.9 Å². The lowest BCUT2D eigenvalue weighted by Gasteiger charge is -2.08. The molecule has 112 valence electrons. The molecule has 3 nitrogen and oxygen atoms in total. The molecular formula is C15H17ClN2OS2. The van der Waals surface area contributed by atoms with Gasteiger partial charge in [-0.05, 0) is 36.6 Å². The molecular weight excluding hydrogens is 324 g/mol. The van der Waals surface area contributed by atoms with E-state index < -0.39 is 10.8 Å². The molecule has 1 atom stereocenters. The summed E-state index contributed by atoms with van der Waals surface area (Å²) in [6.07, 6.45) is 6.22. The number of anilines is 1. The molecule has 1 aromatic carbocycles. The predicted molar refractivity (Wildman–Crippen MR) is 90.6 cm³/mol. The second kappa shape index (κ2) is 6.46. The molecule has 0 amide bonds. The van der Waals surface area contributed by atoms with Crippen molar-refractivity contribution in [3.8, 4) is 0 Å². The van der Waals surface area contributed by atoms with Crippen LogP contribution < -0.4 is 5.32 Å². The van der Waals surface area contributed by atoms with E-state index in [4.69, 9.17) is 11.6 Å². The van der Waals surface area contributed by atoms with E-state index in [2.05, 4.69) is 10.3 Å². The number of nitrogens with zero attached hydrogens (tertiary/aromatic N) is 1. The molecule has 2 aromatic rings. The second-order valence-electron chi connectivity index (χ2n) is 5.32. The molecule has 0 bridgehead atoms. The second-order valence-corrected chi connectivity index (χ2v) is 8.31. The van der Waals surface area contributed by atoms with Crippen molar-refractivity contribution < 1.29 is 4.21 Å². The Balaban J connectivity index is 1.64. The summed E-state index contributed by atoms with van der Waals surface area (Å²) in [5.41, 5.74) is 1.92. The molecule has 1 saturated carbocycles. The van der Waals surface area contributed by atoms with Crippen LogP contribution >= 0.6 is 22.9 Å². The molecule has 0 saturated heterocycles. The van der Waals surface area contributed by atoms with Gasteiger partial charge in [0.15, 0.2) is 0 Å². The number of benzene rings is 1. The Labute approximate surface area is 136 Å². The van der Waals surface area contributed by atoms with Gasteiger partial charge in [0.1, 0.15) is 0 Å². The minimum Gasteiger partial charge on any atom is -0.380 e. The van der Waals surface area contributed by atoms with Crippen molar-refractivity contribution in [2.75, 3.05) is 11.6 Å². The first-order valence-electron chi connectivity index (χ1n) is 6.89. The maximum atomic E-state index is 11.4. The number of halogens is 1. The minimum atomic E-state index is -0.890. The fourth-order valence-corrected chi connectivity index (χ4v) is 4.09. The van der Waals surface area contributed by atoms with Gasteiger partial charge in [-0.25, -0.2) is 4.98 Å². The van der Waals surface area contributed by atoms with E-state index in [1.54, 1.807) is 17.6 Å². The zero-order valence-electron chi connectivity index (χ0n) is 11.8. The van der Waals surface area contributed by atoms with Crippen LogP contribution in [0.4, 0.5) is 5.69 Å². The Bertz CT molecular complexity index is 667. The molecule has 1 aromatic heterocycles. The van der Waals surface area contributed by atoms with Crippen LogP contribution in [0.1, 0.15) is 34.2 Å². The molecule has 6 heteroatoms. The van der Waals surface area contributed by atoms with E-state index in [-0.39, 0.29) is 0 Å². The molecule has 1 aliphatic rings. The first-order chi connectivity index (χ1) is 10.1. The summed E-state index contributed by atoms with van der Waals surface area (Å²) in [4.78, 5) is 5.72. The van der Waals surface area contributed by atoms with Gasteiger partial charge < -0.3 is 5.32 Å². The van der Waals surface area contributed by atoms with Crippen molar-refractivity contribution >= 4 is 39.4 Å². The molecule has 0 aliphatic heterocycles. The molecule has 1 heterocycles. The Hall–Kier alpha value is -0.910. The number of hydrogen-bond acceptors (Lipinski definition) is 4. The van der Waals surface area contributed by atoms with Gasteiger partial charge >= 0.3 is 0 Å². The normalized spacial score (nSPS) is 15.9. The smallest absolute Gasteiger partial charge is 0.0959 e. The van der Waals surface area contributed by atoms with E-state index in [1.807, 2.05) is 24.4 Å². The van der Waals surface area contributed by atoms with E-state index in [0.29, 0.717) is 16.7 Å². The highest BCUT2D eigenvalue weighted by Crippen LogP contribution is 2.41. The van der Waals surface area contributed by atoms with Crippen LogP contribution in [0.5, 0.6) is 0 Å². The molecule has 1 fully saturated rings. The summed E-state index contributed by atoms with van der Waals surface area (Å²) in [5.74, 6) is 1.20. The van der Waals surface area contributed by atoms with Gasteiger partial charge in [-0.1, -0.05) is 11.6 Å². The first-order valence-corrected chi connectivity index (χ1v) is 9.81. The number of nitrogens with one attached hydrogen (secondary N) is 1. The third-order valence-electron chi connectivity index (χ3n) is 3.37. The molecule has 1 aliphatic carbocycles. The molecule has 0 unspecified atom stereocenters. The van der Waals surface area contributed by atoms with Crippen LogP contribution in [0, 0.1) is 0 Å². The lowest BCUT2D eigenvalue weighted by Crippen LogP contribution is -2.00. The number of hydrogen-bond donors (Lipinski definition) is 1. The number of aromatic nitrogens is 1. The standard InChI is InChI=1S/C15H17ClN2OS2/c1-21(19)9-11-6-12(4-5-14(11)16)17-7-13-8-18-15(20-13)10-2-3-10/h4-6,8,10,17H,2-3,7,9H2,1H3/t21-/m1/s1. The van der Waals surface area contributed by atoms with Crippen LogP contribution in [0.25, 0.3) is 0 Å². The Kier molecular flexibility index (Phi) is 4.62. The van der Waals surface area contributed by atoms with Gasteiger partial charge in [-0.3, -0.25) is 4.21 Å². The van der Waals surface area contributed by atoms with Gasteiger partial charge in [0.25, 0.3) is 0 Å². The molecule has 21 heavy (non-hydrogen) atoms. The lowest BCUT2D eigenvalue weighted by atomic mass is 10.2. The first kappa shape index (κ1) is 15.0. The SMILES string of the molecule is C[S@@](=O)Cc1cc(NCc2cnc(C3CC3)s2)ccc1Cl. The molecule has 0 radical (unpaired) electrons. The minimum absolute atomic E-state index is 0.487. The highest BCUT2D eigenvalue weighted by atomic mass is 35.5. The maximum absolute atomic E-state index is 11.4. The average molecular weight is 341 g/mol. The van der Waals surface area contributed by atoms with Crippen LogP contribution in [0.3, 0.4) is 0 Å². The molecule has 3 rings (SSSR count). The summed E-state index contributed by atoms with van der Waals surface area (Å²) in [5, 5.41) is 5.33. The van der Waals surface area contributed by atoms with Crippen LogP contribution in [-0.2, 0) is 23.1 Å². The summed E-state index contributed by atoms with van der Waals surface area (Å²) < 4.78 is 11.4. The monoisotopic (exact) mass is 340 g/mol. The quantitative estimate of drug-likeness (QED) is 0.858. The fraction of sp³-hybridized carbons (Fsp3) is 0.400. The van der Waals surface area contributed by atoms with Gasteiger partial charge in [0.05, 0.1) is 11.6 Å². The fourth-order valence-electron chi connectivity index (χ4n) is 2.13. The van der Waals surface area contributed by atoms with Crippen molar-refractivity contribution in [1.29, 1.82) is 0 Å². The van der Waals surface area contributed by atoms with E-state index in [0.717, 1.165) is 17.8 Å². The summed E-state index contributed by atoms with van der Waals surface area (Å²) in [7, 11) is -0.890. The third-order valence-corrected chi connectivity index (χ3v) is 5.62. The molecule has 0 spiro atoms. The van der Waals surface area contributed by atoms with Crippen molar-refractivity contribution in [2.45, 2.75) is 31.1 Å². The largest absolute Gasteiger partial charge is 0.380 e. The summed E-state index contributed by atoms with van der Waals surface area (Å²) in [6.45, 7) is 0.765. The highest BCUT2D eigenvalue weighted by molar-refractivity contribution is 7.83. The zero-order chi connectivity index (χ0) is 14.8. The van der Waals surface area contributed by atoms with Crippen molar-refractivity contribution in [2.24, 2.45) is 0 Å². The third kappa shape index (κ3) is 4.05. The maximum Gasteiger partial charge on any atom is 0.0959 e. The van der Waals surface area contributed by atoms with Gasteiger partial charge in [0, 0.05) is 50.5 Å². The predicted octanol–water partition coefficient (Wildman–Crippen LogP) is 4.16. The van der Waals surface area contributed by atoms with E-state index in [9.17, 15) is 4.21 Å². The summed E-state index contributed by atoms with van der Waals surface area (Å²) >= 11 is 7.92. The van der Waals surface area contributed by atoms with Gasteiger partial charge in [-0.2, -0.15) is 0 Å². The van der Waals surface area contributed by atoms with Gasteiger partial charge in [-0.15, -0.1) is 11.3 Å². The zero-order valence-corrected chi connectivity index (χ0v) is 14.2. The van der Waals surface area contributed by atoms with Crippen molar-refractivity contribution in [1.82, 2.24) is 4.98 Å². The van der Waals surface area contributed by atoms with E-state index >= 15 is 0 Å². The van der Waals surface area contributed by atoms with Crippen LogP contribution in [0.2, 0.25) is 5.02 Å². The summed E-state index contributed by atoms with van der Waals surface area (Å²) in [6, 6.07) is 5.79.